The molecule has 1 unspecified atom stereocenters. The van der Waals surface area contributed by atoms with Crippen LogP contribution in [0.4, 0.5) is 11.4 Å². The number of nitrogens with zero attached hydrogens (tertiary/aromatic N) is 1. The van der Waals surface area contributed by atoms with E-state index in [9.17, 15) is 13.2 Å². The van der Waals surface area contributed by atoms with Gasteiger partial charge in [0.25, 0.3) is 5.91 Å². The third-order valence-electron chi connectivity index (χ3n) is 9.36. The van der Waals surface area contributed by atoms with Gasteiger partial charge < -0.3 is 10.1 Å². The number of benzene rings is 3. The van der Waals surface area contributed by atoms with E-state index in [-0.39, 0.29) is 18.2 Å². The average Bonchev–Trinajstić information content (AvgIpc) is 2.92. The Morgan fingerprint density at radius 1 is 0.846 bits per heavy atom. The molecule has 1 atom stereocenters. The zero-order chi connectivity index (χ0) is 26.6. The molecule has 4 bridgehead atoms. The standard InChI is InChI=1S/C32H34N2O4S/c35-31(33-27-12-10-26(11-13-27)32-17-23-14-24(18-32)16-25(15-23)19-32)30-20-34(28-8-4-5-9-29(28)38-30)39(36,37)21-22-6-2-1-3-7-22/h1-13,23-25,30H,14-21H2,(H,33,35). The van der Waals surface area contributed by atoms with Gasteiger partial charge in [0.15, 0.2) is 6.10 Å². The van der Waals surface area contributed by atoms with Crippen LogP contribution in [0.3, 0.4) is 0 Å². The van der Waals surface area contributed by atoms with E-state index < -0.39 is 16.1 Å². The molecular weight excluding hydrogens is 508 g/mol. The molecule has 7 heteroatoms. The number of anilines is 2. The number of fused-ring (bicyclic) bond motifs is 1. The maximum atomic E-state index is 13.5. The van der Waals surface area contributed by atoms with E-state index in [0.717, 1.165) is 17.8 Å². The number of nitrogens with one attached hydrogen (secondary N) is 1. The van der Waals surface area contributed by atoms with Crippen molar-refractivity contribution in [3.63, 3.8) is 0 Å². The van der Waals surface area contributed by atoms with E-state index in [2.05, 4.69) is 17.4 Å². The second-order valence-electron chi connectivity index (χ2n) is 12.1. The molecule has 202 valence electrons. The van der Waals surface area contributed by atoms with Gasteiger partial charge in [0.1, 0.15) is 5.75 Å². The van der Waals surface area contributed by atoms with Crippen LogP contribution in [0.25, 0.3) is 0 Å². The van der Waals surface area contributed by atoms with Crippen LogP contribution in [0.5, 0.6) is 5.75 Å². The highest BCUT2D eigenvalue weighted by Crippen LogP contribution is 2.60. The molecular formula is C32H34N2O4S. The summed E-state index contributed by atoms with van der Waals surface area (Å²) >= 11 is 0. The van der Waals surface area contributed by atoms with Gasteiger partial charge in [-0.05, 0) is 97.1 Å². The van der Waals surface area contributed by atoms with Gasteiger partial charge in [-0.1, -0.05) is 54.6 Å². The van der Waals surface area contributed by atoms with Gasteiger partial charge >= 0.3 is 0 Å². The van der Waals surface area contributed by atoms with Crippen molar-refractivity contribution in [3.05, 3.63) is 90.0 Å². The molecule has 1 aliphatic heterocycles. The van der Waals surface area contributed by atoms with Crippen molar-refractivity contribution in [2.24, 2.45) is 17.8 Å². The highest BCUT2D eigenvalue weighted by molar-refractivity contribution is 7.92. The number of sulfonamides is 1. The van der Waals surface area contributed by atoms with E-state index in [1.807, 2.05) is 30.3 Å². The number of hydrogen-bond donors (Lipinski definition) is 1. The Kier molecular flexibility index (Phi) is 5.96. The molecule has 0 radical (unpaired) electrons. The Morgan fingerprint density at radius 3 is 2.13 bits per heavy atom. The van der Waals surface area contributed by atoms with Crippen LogP contribution in [0.15, 0.2) is 78.9 Å². The molecule has 3 aromatic rings. The fraction of sp³-hybridized carbons (Fsp3) is 0.406. The second-order valence-corrected chi connectivity index (χ2v) is 14.0. The molecule has 4 fully saturated rings. The van der Waals surface area contributed by atoms with Crippen molar-refractivity contribution in [2.75, 3.05) is 16.2 Å². The largest absolute Gasteiger partial charge is 0.476 e. The number of carbonyl (C=O) groups excluding carboxylic acids is 1. The van der Waals surface area contributed by atoms with Gasteiger partial charge in [-0.3, -0.25) is 9.10 Å². The topological polar surface area (TPSA) is 75.7 Å². The summed E-state index contributed by atoms with van der Waals surface area (Å²) < 4.78 is 34.3. The molecule has 0 saturated heterocycles. The summed E-state index contributed by atoms with van der Waals surface area (Å²) in [4.78, 5) is 13.4. The first-order chi connectivity index (χ1) is 18.9. The minimum absolute atomic E-state index is 0.0800. The maximum absolute atomic E-state index is 13.5. The molecule has 6 nitrogen and oxygen atoms in total. The molecule has 1 N–H and O–H groups in total. The van der Waals surface area contributed by atoms with E-state index in [4.69, 9.17) is 4.74 Å². The Hall–Kier alpha value is -3.32. The van der Waals surface area contributed by atoms with Gasteiger partial charge in [-0.15, -0.1) is 0 Å². The summed E-state index contributed by atoms with van der Waals surface area (Å²) in [5, 5.41) is 2.98. The van der Waals surface area contributed by atoms with Crippen LogP contribution < -0.4 is 14.4 Å². The Labute approximate surface area is 230 Å². The third kappa shape index (κ3) is 4.61. The number of ether oxygens (including phenoxy) is 1. The van der Waals surface area contributed by atoms with Crippen LogP contribution in [-0.2, 0) is 26.0 Å². The van der Waals surface area contributed by atoms with Gasteiger partial charge in [-0.25, -0.2) is 8.42 Å². The first-order valence-corrected chi connectivity index (χ1v) is 15.7. The SMILES string of the molecule is O=C(Nc1ccc(C23CC4CC(CC(C4)C2)C3)cc1)C1CN(S(=O)(=O)Cc2ccccc2)c2ccccc2O1. The van der Waals surface area contributed by atoms with Crippen molar-refractivity contribution in [3.8, 4) is 5.75 Å². The average molecular weight is 543 g/mol. The molecule has 4 saturated carbocycles. The highest BCUT2D eigenvalue weighted by Gasteiger charge is 2.51. The summed E-state index contributed by atoms with van der Waals surface area (Å²) in [6, 6.07) is 24.4. The van der Waals surface area contributed by atoms with E-state index in [1.165, 1.54) is 48.4 Å². The maximum Gasteiger partial charge on any atom is 0.267 e. The van der Waals surface area contributed by atoms with Crippen LogP contribution in [0, 0.1) is 17.8 Å². The number of rotatable bonds is 6. The minimum atomic E-state index is -3.74. The van der Waals surface area contributed by atoms with Crippen molar-refractivity contribution in [1.29, 1.82) is 0 Å². The molecule has 1 amide bonds. The smallest absolute Gasteiger partial charge is 0.267 e. The predicted octanol–water partition coefficient (Wildman–Crippen LogP) is 5.89. The van der Waals surface area contributed by atoms with E-state index >= 15 is 0 Å². The van der Waals surface area contributed by atoms with Crippen LogP contribution in [0.1, 0.15) is 49.7 Å². The van der Waals surface area contributed by atoms with Gasteiger partial charge in [0, 0.05) is 5.69 Å². The molecule has 3 aromatic carbocycles. The fourth-order valence-corrected chi connectivity index (χ4v) is 9.64. The molecule has 39 heavy (non-hydrogen) atoms. The Balaban J connectivity index is 1.08. The van der Waals surface area contributed by atoms with Crippen molar-refractivity contribution in [1.82, 2.24) is 0 Å². The normalized spacial score (nSPS) is 29.0. The molecule has 5 aliphatic rings. The van der Waals surface area contributed by atoms with Crippen LogP contribution in [-0.4, -0.2) is 27.0 Å². The summed E-state index contributed by atoms with van der Waals surface area (Å²) in [7, 11) is -3.74. The van der Waals surface area contributed by atoms with Gasteiger partial charge in [0.05, 0.1) is 18.0 Å². The number of carbonyl (C=O) groups is 1. The van der Waals surface area contributed by atoms with E-state index in [1.54, 1.807) is 36.4 Å². The zero-order valence-electron chi connectivity index (χ0n) is 22.0. The second kappa shape index (κ2) is 9.40. The molecule has 1 heterocycles. The summed E-state index contributed by atoms with van der Waals surface area (Å²) in [5.41, 5.74) is 3.57. The lowest BCUT2D eigenvalue weighted by Gasteiger charge is -2.57. The lowest BCUT2D eigenvalue weighted by molar-refractivity contribution is -0.122. The first kappa shape index (κ1) is 24.7. The predicted molar refractivity (Wildman–Crippen MR) is 152 cm³/mol. The van der Waals surface area contributed by atoms with Crippen LogP contribution >= 0.6 is 0 Å². The number of hydrogen-bond acceptors (Lipinski definition) is 4. The zero-order valence-corrected chi connectivity index (χ0v) is 22.8. The van der Waals surface area contributed by atoms with Crippen molar-refractivity contribution >= 4 is 27.3 Å². The molecule has 4 aliphatic carbocycles. The molecule has 8 rings (SSSR count). The lowest BCUT2D eigenvalue weighted by atomic mass is 9.48. The summed E-state index contributed by atoms with van der Waals surface area (Å²) in [6.45, 7) is -0.0800. The third-order valence-corrected chi connectivity index (χ3v) is 11.1. The summed E-state index contributed by atoms with van der Waals surface area (Å²) in [5.74, 6) is 2.52. The highest BCUT2D eigenvalue weighted by atomic mass is 32.2. The number of para-hydroxylation sites is 2. The van der Waals surface area contributed by atoms with Crippen molar-refractivity contribution in [2.45, 2.75) is 55.8 Å². The van der Waals surface area contributed by atoms with Gasteiger partial charge in [-0.2, -0.15) is 0 Å². The van der Waals surface area contributed by atoms with E-state index in [0.29, 0.717) is 28.1 Å². The first-order valence-electron chi connectivity index (χ1n) is 14.1. The quantitative estimate of drug-likeness (QED) is 0.421. The van der Waals surface area contributed by atoms with Gasteiger partial charge in [0.2, 0.25) is 10.0 Å². The van der Waals surface area contributed by atoms with Crippen molar-refractivity contribution < 1.29 is 17.9 Å². The molecule has 0 aromatic heterocycles. The van der Waals surface area contributed by atoms with Crippen LogP contribution in [0.2, 0.25) is 0 Å². The minimum Gasteiger partial charge on any atom is -0.476 e. The number of amides is 1. The monoisotopic (exact) mass is 542 g/mol. The fourth-order valence-electron chi connectivity index (χ4n) is 8.06. The Bertz CT molecular complexity index is 1450. The Morgan fingerprint density at radius 2 is 1.46 bits per heavy atom. The summed E-state index contributed by atoms with van der Waals surface area (Å²) in [6.07, 6.45) is 7.17. The lowest BCUT2D eigenvalue weighted by Crippen LogP contribution is -2.49. The molecule has 0 spiro atoms.